The maximum Gasteiger partial charge on any atom is 1.00 e. The van der Waals surface area contributed by atoms with Crippen molar-refractivity contribution in [2.75, 3.05) is 138 Å². The minimum Gasteiger partial charge on any atom is -0.790 e. The number of thiophene rings is 4. The van der Waals surface area contributed by atoms with Crippen LogP contribution in [-0.4, -0.2) is 233 Å². The van der Waals surface area contributed by atoms with Crippen LogP contribution in [0.1, 0.15) is 123 Å². The van der Waals surface area contributed by atoms with Gasteiger partial charge in [-0.15, -0.1) is 45.3 Å². The zero-order valence-electron chi connectivity index (χ0n) is 73.5. The van der Waals surface area contributed by atoms with Gasteiger partial charge in [-0.05, 0) is 191 Å². The normalized spacial score (nSPS) is 17.8. The molecule has 2 N–H and O–H groups in total. The maximum atomic E-state index is 12.4. The van der Waals surface area contributed by atoms with E-state index in [9.17, 15) is 67.1 Å². The summed E-state index contributed by atoms with van der Waals surface area (Å²) < 4.78 is 43.6. The van der Waals surface area contributed by atoms with Crippen molar-refractivity contribution >= 4 is 236 Å². The minimum absolute atomic E-state index is 0. The number of hydrazine groups is 1. The molecule has 4 saturated heterocycles. The first-order chi connectivity index (χ1) is 64.1. The first kappa shape index (κ1) is 106. The number of hydrogen-bond donors (Lipinski definition) is 2. The summed E-state index contributed by atoms with van der Waals surface area (Å²) >= 11 is 28.5. The second-order valence-corrected chi connectivity index (χ2v) is 38.5. The van der Waals surface area contributed by atoms with Gasteiger partial charge in [0.1, 0.15) is 49.8 Å². The molecule has 7 amide bonds. The van der Waals surface area contributed by atoms with Gasteiger partial charge in [-0.25, -0.2) is 24.0 Å². The topological polar surface area (TPSA) is 424 Å². The number of aliphatic imine (C=N–C) groups is 1. The van der Waals surface area contributed by atoms with Crippen LogP contribution >= 0.6 is 99.6 Å². The van der Waals surface area contributed by atoms with Gasteiger partial charge in [-0.2, -0.15) is 15.3 Å². The van der Waals surface area contributed by atoms with Gasteiger partial charge in [0.15, 0.2) is 23.1 Å². The van der Waals surface area contributed by atoms with Gasteiger partial charge in [0.05, 0.1) is 140 Å². The van der Waals surface area contributed by atoms with Crippen molar-refractivity contribution in [3.63, 3.8) is 0 Å². The number of nitrogens with zero attached hydrogens (tertiary/aromatic N) is 15. The van der Waals surface area contributed by atoms with E-state index in [0.29, 0.717) is 171 Å². The van der Waals surface area contributed by atoms with Crippen molar-refractivity contribution in [3.05, 3.63) is 182 Å². The van der Waals surface area contributed by atoms with Crippen LogP contribution in [0.4, 0.5) is 69.5 Å². The van der Waals surface area contributed by atoms with Crippen LogP contribution < -0.4 is 114 Å². The number of phosphoric acid groups is 1. The Morgan fingerprint density at radius 3 is 1.00 bits per heavy atom. The van der Waals surface area contributed by atoms with Gasteiger partial charge in [-0.1, -0.05) is 46.4 Å². The SMILES string of the molecule is CCOC(=O)N1C=NN(c2ccc(N3C[C@H](CCC(=O)c4ccc(Cl)s4)OC3=O)cc2)CC1.O=C(CC[C@H]1CN(c2ccc(N3CCN(C(=O)CCCO)C=N3)cc2)C(=O)O1)c1ccc(Cl)s1.O=C(CC[C@H]1CN(c2ccc(N3CCN(C(=O)CCCOP(=O)([O-])[O-])C=N3)cc2)C(=O)O1)c1ccc(Cl)s1.O=C(CC[C@H]1CN(c2ccc(N3CCN=CN3)cc2)C(=O)O1)c1ccc(Cl)s1.[Na+].[Na+]. The molecule has 4 aromatic carbocycles. The fourth-order valence-corrected chi connectivity index (χ4v) is 18.8. The third-order valence-electron chi connectivity index (χ3n) is 21.4. The number of carbonyl (C=O) groups excluding carboxylic acids is 11. The number of anilines is 8. The summed E-state index contributed by atoms with van der Waals surface area (Å²) in [4.78, 5) is 173. The Morgan fingerprint density at radius 1 is 0.430 bits per heavy atom. The number of hydrazone groups is 3. The van der Waals surface area contributed by atoms with Crippen LogP contribution in [0.15, 0.2) is 166 Å². The fraction of sp³-hybridized carbons (Fsp3) is 0.368. The number of ketones is 4. The zero-order chi connectivity index (χ0) is 94.2. The average molecular weight is 2040 g/mol. The molecule has 704 valence electrons. The molecule has 48 heteroatoms. The first-order valence-corrected chi connectivity index (χ1v) is 48.6. The smallest absolute Gasteiger partial charge is 0.790 e. The summed E-state index contributed by atoms with van der Waals surface area (Å²) in [7, 11) is -5.04. The van der Waals surface area contributed by atoms with E-state index in [2.05, 4.69) is 30.2 Å². The van der Waals surface area contributed by atoms with Gasteiger partial charge in [0.25, 0.3) is 0 Å². The van der Waals surface area contributed by atoms with E-state index in [1.165, 1.54) is 79.1 Å². The molecule has 0 aliphatic carbocycles. The molecule has 0 bridgehead atoms. The van der Waals surface area contributed by atoms with Crippen molar-refractivity contribution in [3.8, 4) is 0 Å². The largest absolute Gasteiger partial charge is 1.00 e. The third kappa shape index (κ3) is 30.5. The molecule has 8 aliphatic rings. The molecule has 12 heterocycles. The van der Waals surface area contributed by atoms with Crippen molar-refractivity contribution in [2.24, 2.45) is 20.3 Å². The summed E-state index contributed by atoms with van der Waals surface area (Å²) in [6.07, 6.45) is 6.29. The van der Waals surface area contributed by atoms with Crippen LogP contribution in [-0.2, 0) is 42.4 Å². The van der Waals surface area contributed by atoms with Gasteiger partial charge < -0.3 is 47.7 Å². The average Bonchev–Trinajstić information content (AvgIpc) is 1.73. The molecule has 16 rings (SSSR count). The summed E-state index contributed by atoms with van der Waals surface area (Å²) in [5, 5.41) is 29.0. The summed E-state index contributed by atoms with van der Waals surface area (Å²) in [5.74, 6) is -0.348. The Morgan fingerprint density at radius 2 is 0.733 bits per heavy atom. The molecule has 0 spiro atoms. The van der Waals surface area contributed by atoms with Crippen molar-refractivity contribution in [1.82, 2.24) is 20.1 Å². The molecule has 4 aromatic heterocycles. The first-order valence-electron chi connectivity index (χ1n) is 42.3. The van der Waals surface area contributed by atoms with Crippen molar-refractivity contribution in [2.45, 2.75) is 108 Å². The number of amides is 7. The van der Waals surface area contributed by atoms with Crippen LogP contribution in [0, 0.1) is 0 Å². The number of aliphatic hydroxyl groups excluding tert-OH is 1. The molecule has 0 radical (unpaired) electrons. The molecule has 0 saturated carbocycles. The molecule has 8 aromatic rings. The number of aliphatic hydroxyl groups is 1. The monoisotopic (exact) mass is 2040 g/mol. The van der Waals surface area contributed by atoms with Crippen molar-refractivity contribution < 1.29 is 160 Å². The van der Waals surface area contributed by atoms with E-state index in [1.54, 1.807) is 121 Å². The molecule has 135 heavy (non-hydrogen) atoms. The Bertz CT molecular complexity index is 5650. The van der Waals surface area contributed by atoms with E-state index >= 15 is 0 Å². The predicted octanol–water partition coefficient (Wildman–Crippen LogP) is 8.72. The van der Waals surface area contributed by atoms with Gasteiger partial charge >= 0.3 is 89.6 Å². The Kier molecular flexibility index (Phi) is 40.3. The predicted molar refractivity (Wildman–Crippen MR) is 505 cm³/mol. The Hall–Kier alpha value is -9.44. The number of Topliss-reactive ketones (excluding diaryl/α,β-unsaturated/α-hetero) is 4. The van der Waals surface area contributed by atoms with Gasteiger partial charge in [0.2, 0.25) is 11.8 Å². The number of hydrogen-bond acceptors (Lipinski definition) is 34. The van der Waals surface area contributed by atoms with Crippen LogP contribution in [0.5, 0.6) is 0 Å². The third-order valence-corrected chi connectivity index (χ3v) is 27.0. The second-order valence-electron chi connectivity index (χ2n) is 30.4. The number of phosphoric ester groups is 1. The van der Waals surface area contributed by atoms with Crippen LogP contribution in [0.2, 0.25) is 17.3 Å². The van der Waals surface area contributed by atoms with Gasteiger partial charge in [-0.3, -0.25) is 93.5 Å². The van der Waals surface area contributed by atoms with E-state index in [1.807, 2.05) is 77.8 Å². The number of rotatable bonds is 33. The van der Waals surface area contributed by atoms with E-state index in [0.717, 1.165) is 41.5 Å². The minimum atomic E-state index is -5.04. The molecular formula is C87H91Cl4N16Na2O21PS4. The number of nitrogens with one attached hydrogen (secondary N) is 1. The van der Waals surface area contributed by atoms with E-state index < -0.39 is 38.3 Å². The zero-order valence-corrected chi connectivity index (χ0v) is 84.7. The number of ether oxygens (including phenoxy) is 5. The van der Waals surface area contributed by atoms with Crippen molar-refractivity contribution in [1.29, 1.82) is 0 Å². The molecule has 4 fully saturated rings. The fourth-order valence-electron chi connectivity index (χ4n) is 14.4. The Labute approximate surface area is 856 Å². The quantitative estimate of drug-likeness (QED) is 0.0127. The maximum absolute atomic E-state index is 12.4. The number of halogens is 4. The van der Waals surface area contributed by atoms with E-state index in [4.69, 9.17) is 75.2 Å². The second kappa shape index (κ2) is 51.3. The Balaban J connectivity index is 0.000000173. The summed E-state index contributed by atoms with van der Waals surface area (Å²) in [6.45, 7) is 7.59. The number of benzene rings is 4. The number of carbonyl (C=O) groups is 11. The van der Waals surface area contributed by atoms with Crippen LogP contribution in [0.3, 0.4) is 0 Å². The molecule has 0 unspecified atom stereocenters. The molecule has 37 nitrogen and oxygen atoms in total. The van der Waals surface area contributed by atoms with E-state index in [-0.39, 0.29) is 164 Å². The molecule has 8 aliphatic heterocycles. The summed E-state index contributed by atoms with van der Waals surface area (Å²) in [6, 6.07) is 43.2. The number of cyclic esters (lactones) is 4. The molecule has 4 atom stereocenters. The summed E-state index contributed by atoms with van der Waals surface area (Å²) in [5.41, 5.74) is 9.35. The standard InChI is InChI=1S/C23H26ClN4O8PS.C23H25ClN4O5S.C22H23ClN4O5S.C19H19ClN4O3S.2Na/c24-21-10-9-20(38-21)19(29)8-7-18-14-27(23(31)36-18)16-3-5-17(6-4-16)28-12-11-26(15-25-28)22(30)2-1-13-35-37(32,33)34;24-21-10-9-20(34-21)19(30)8-7-18-14-27(23(32)33-18)16-3-5-17(6-4-16)28-12-11-26(15-25-28)22(31)2-1-13-29;1-2-31-21(29)25-11-12-27(24-14-25)16-5-3-15(4-6-16)26-13-17(32-22(26)30)7-8-18(28)19-9-10-20(23)33-19;20-18-8-7-17(28-18)16(25)6-5-15-11-23(19(26)27-15)13-1-3-14(4-2-13)24-10-9-21-12-22-24;;/h3-6,9-10,15,18H,1-2,7-8,11-14H2,(H2,32,33,34);3-6,9-10,15,18,29H,1-2,7-8,11-14H2;3-6,9-10,14,17H,2,7-8,11-13H2,1H3;1-4,7-8,12,15H,5-6,9-11H2,(H,21,22);;/q;;;;2*+1/p-2/t2*18-;17-;15-;;/m0000../s1. The molecular weight excluding hydrogens is 1950 g/mol. The van der Waals surface area contributed by atoms with Gasteiger partial charge in [0, 0.05) is 87.5 Å². The van der Waals surface area contributed by atoms with Crippen LogP contribution in [0.25, 0.3) is 0 Å².